The topological polar surface area (TPSA) is 109 Å². The van der Waals surface area contributed by atoms with Crippen molar-refractivity contribution in [3.05, 3.63) is 59.2 Å². The molecular weight excluding hydrogens is 392 g/mol. The molecule has 0 saturated heterocycles. The number of carbonyl (C=O) groups is 3. The number of ether oxygens (including phenoxy) is 1. The number of benzene rings is 2. The Balaban J connectivity index is 1.77. The number of aryl methyl sites for hydroxylation is 2. The van der Waals surface area contributed by atoms with Crippen LogP contribution in [0.3, 0.4) is 0 Å². The fourth-order valence-electron chi connectivity index (χ4n) is 2.29. The number of thiocarbonyl (C=S) groups is 1. The van der Waals surface area contributed by atoms with Crippen molar-refractivity contribution in [3.8, 4) is 5.75 Å². The molecule has 0 atom stereocenters. The molecule has 8 nitrogen and oxygen atoms in total. The molecule has 9 heteroatoms. The summed E-state index contributed by atoms with van der Waals surface area (Å²) in [6, 6.07) is 12.0. The molecule has 2 rings (SSSR count). The molecule has 0 aliphatic carbocycles. The van der Waals surface area contributed by atoms with Gasteiger partial charge in [-0.15, -0.1) is 0 Å². The first-order chi connectivity index (χ1) is 13.7. The lowest BCUT2D eigenvalue weighted by Gasteiger charge is -2.12. The van der Waals surface area contributed by atoms with E-state index in [1.165, 1.54) is 6.92 Å². The summed E-state index contributed by atoms with van der Waals surface area (Å²) in [5.74, 6) is -0.499. The zero-order valence-corrected chi connectivity index (χ0v) is 17.1. The minimum atomic E-state index is -0.461. The highest BCUT2D eigenvalue weighted by molar-refractivity contribution is 7.80. The Labute approximate surface area is 174 Å². The first-order valence-electron chi connectivity index (χ1n) is 8.72. The van der Waals surface area contributed by atoms with Gasteiger partial charge in [0, 0.05) is 18.2 Å². The minimum absolute atomic E-state index is 0.0669. The summed E-state index contributed by atoms with van der Waals surface area (Å²) in [4.78, 5) is 35.0. The lowest BCUT2D eigenvalue weighted by Crippen LogP contribution is -2.49. The Morgan fingerprint density at radius 3 is 2.34 bits per heavy atom. The van der Waals surface area contributed by atoms with Gasteiger partial charge in [0.05, 0.1) is 0 Å². The highest BCUT2D eigenvalue weighted by atomic mass is 32.1. The zero-order valence-electron chi connectivity index (χ0n) is 16.3. The second-order valence-electron chi connectivity index (χ2n) is 6.27. The van der Waals surface area contributed by atoms with Gasteiger partial charge in [-0.2, -0.15) is 0 Å². The number of hydrogen-bond donors (Lipinski definition) is 4. The maximum Gasteiger partial charge on any atom is 0.269 e. The lowest BCUT2D eigenvalue weighted by atomic mass is 10.1. The van der Waals surface area contributed by atoms with E-state index >= 15 is 0 Å². The summed E-state index contributed by atoms with van der Waals surface area (Å²) in [6.45, 7) is 5.00. The largest absolute Gasteiger partial charge is 0.483 e. The summed E-state index contributed by atoms with van der Waals surface area (Å²) in [7, 11) is 0. The van der Waals surface area contributed by atoms with Crippen LogP contribution in [0.5, 0.6) is 5.75 Å². The summed E-state index contributed by atoms with van der Waals surface area (Å²) < 4.78 is 5.50. The van der Waals surface area contributed by atoms with Crippen LogP contribution in [0.2, 0.25) is 0 Å². The third kappa shape index (κ3) is 7.23. The maximum atomic E-state index is 12.1. The van der Waals surface area contributed by atoms with Gasteiger partial charge in [-0.25, -0.2) is 0 Å². The molecule has 0 aliphatic rings. The predicted octanol–water partition coefficient (Wildman–Crippen LogP) is 1.98. The first kappa shape index (κ1) is 21.8. The maximum absolute atomic E-state index is 12.1. The summed E-state index contributed by atoms with van der Waals surface area (Å²) in [6.07, 6.45) is 0. The van der Waals surface area contributed by atoms with E-state index in [1.54, 1.807) is 24.3 Å². The average molecular weight is 414 g/mol. The number of nitrogens with one attached hydrogen (secondary N) is 4. The van der Waals surface area contributed by atoms with Crippen molar-refractivity contribution in [2.24, 2.45) is 0 Å². The van der Waals surface area contributed by atoms with E-state index in [2.05, 4.69) is 21.5 Å². The van der Waals surface area contributed by atoms with Gasteiger partial charge in [-0.3, -0.25) is 30.6 Å². The molecule has 0 spiro atoms. The Morgan fingerprint density at radius 2 is 1.69 bits per heavy atom. The second-order valence-corrected chi connectivity index (χ2v) is 6.68. The molecule has 0 bridgehead atoms. The van der Waals surface area contributed by atoms with E-state index < -0.39 is 11.8 Å². The van der Waals surface area contributed by atoms with E-state index in [9.17, 15) is 14.4 Å². The molecule has 152 valence electrons. The fourth-order valence-corrected chi connectivity index (χ4v) is 2.46. The number of rotatable bonds is 5. The van der Waals surface area contributed by atoms with Crippen molar-refractivity contribution in [2.45, 2.75) is 20.8 Å². The molecule has 29 heavy (non-hydrogen) atoms. The van der Waals surface area contributed by atoms with Gasteiger partial charge in [-0.1, -0.05) is 12.1 Å². The highest BCUT2D eigenvalue weighted by Crippen LogP contribution is 2.18. The molecule has 0 radical (unpaired) electrons. The molecule has 0 fully saturated rings. The van der Waals surface area contributed by atoms with E-state index in [0.29, 0.717) is 17.0 Å². The molecule has 0 aromatic heterocycles. The van der Waals surface area contributed by atoms with Crippen molar-refractivity contribution in [1.29, 1.82) is 0 Å². The van der Waals surface area contributed by atoms with Crippen LogP contribution in [0.4, 0.5) is 5.69 Å². The molecule has 0 saturated carbocycles. The van der Waals surface area contributed by atoms with Crippen LogP contribution in [0.15, 0.2) is 42.5 Å². The SMILES string of the molecule is CC(=O)Nc1ccc(C(=O)NNC(=S)NC(=O)COc2cc(C)ccc2C)cc1. The number of amides is 3. The van der Waals surface area contributed by atoms with E-state index in [4.69, 9.17) is 17.0 Å². The van der Waals surface area contributed by atoms with E-state index in [-0.39, 0.29) is 17.6 Å². The van der Waals surface area contributed by atoms with Gasteiger partial charge in [0.15, 0.2) is 11.7 Å². The van der Waals surface area contributed by atoms with Crippen LogP contribution in [-0.4, -0.2) is 29.4 Å². The number of carbonyl (C=O) groups excluding carboxylic acids is 3. The zero-order chi connectivity index (χ0) is 21.4. The van der Waals surface area contributed by atoms with Crippen LogP contribution in [0, 0.1) is 13.8 Å². The fraction of sp³-hybridized carbons (Fsp3) is 0.200. The van der Waals surface area contributed by atoms with Crippen LogP contribution in [0.25, 0.3) is 0 Å². The Bertz CT molecular complexity index is 929. The molecule has 0 aliphatic heterocycles. The monoisotopic (exact) mass is 414 g/mol. The Morgan fingerprint density at radius 1 is 1.00 bits per heavy atom. The summed E-state index contributed by atoms with van der Waals surface area (Å²) in [5.41, 5.74) is 7.70. The molecule has 2 aromatic carbocycles. The highest BCUT2D eigenvalue weighted by Gasteiger charge is 2.09. The van der Waals surface area contributed by atoms with Crippen molar-refractivity contribution in [1.82, 2.24) is 16.2 Å². The van der Waals surface area contributed by atoms with Crippen LogP contribution in [0.1, 0.15) is 28.4 Å². The van der Waals surface area contributed by atoms with Crippen molar-refractivity contribution in [3.63, 3.8) is 0 Å². The molecule has 0 unspecified atom stereocenters. The Hall–Kier alpha value is -3.46. The van der Waals surface area contributed by atoms with Crippen LogP contribution in [-0.2, 0) is 9.59 Å². The van der Waals surface area contributed by atoms with Gasteiger partial charge in [-0.05, 0) is 67.5 Å². The quantitative estimate of drug-likeness (QED) is 0.440. The molecule has 2 aromatic rings. The second kappa shape index (κ2) is 10.2. The van der Waals surface area contributed by atoms with E-state index in [1.807, 2.05) is 32.0 Å². The van der Waals surface area contributed by atoms with Crippen molar-refractivity contribution in [2.75, 3.05) is 11.9 Å². The van der Waals surface area contributed by atoms with Gasteiger partial charge in [0.25, 0.3) is 11.8 Å². The minimum Gasteiger partial charge on any atom is -0.483 e. The van der Waals surface area contributed by atoms with Gasteiger partial charge in [0.2, 0.25) is 5.91 Å². The standard InChI is InChI=1S/C20H22N4O4S/c1-12-4-5-13(2)17(10-12)28-11-18(26)22-20(29)24-23-19(27)15-6-8-16(9-7-15)21-14(3)25/h4-10H,11H2,1-3H3,(H,21,25)(H,23,27)(H2,22,24,26,29). The molecule has 3 amide bonds. The number of hydrogen-bond acceptors (Lipinski definition) is 5. The van der Waals surface area contributed by atoms with Crippen LogP contribution < -0.4 is 26.2 Å². The van der Waals surface area contributed by atoms with Crippen LogP contribution >= 0.6 is 12.2 Å². The van der Waals surface area contributed by atoms with Gasteiger partial charge < -0.3 is 10.1 Å². The summed E-state index contributed by atoms with van der Waals surface area (Å²) in [5, 5.41) is 4.96. The normalized spacial score (nSPS) is 9.90. The van der Waals surface area contributed by atoms with Gasteiger partial charge in [0.1, 0.15) is 5.75 Å². The third-order valence-corrected chi connectivity index (χ3v) is 3.92. The smallest absolute Gasteiger partial charge is 0.269 e. The predicted molar refractivity (Wildman–Crippen MR) is 113 cm³/mol. The third-order valence-electron chi connectivity index (χ3n) is 3.71. The van der Waals surface area contributed by atoms with Crippen molar-refractivity contribution < 1.29 is 19.1 Å². The number of anilines is 1. The first-order valence-corrected chi connectivity index (χ1v) is 9.13. The van der Waals surface area contributed by atoms with Gasteiger partial charge >= 0.3 is 0 Å². The van der Waals surface area contributed by atoms with Crippen molar-refractivity contribution >= 4 is 40.7 Å². The Kier molecular flexibility index (Phi) is 7.67. The summed E-state index contributed by atoms with van der Waals surface area (Å²) >= 11 is 4.98. The lowest BCUT2D eigenvalue weighted by molar-refractivity contribution is -0.121. The number of hydrazine groups is 1. The average Bonchev–Trinajstić information content (AvgIpc) is 2.67. The molecular formula is C20H22N4O4S. The van der Waals surface area contributed by atoms with E-state index in [0.717, 1.165) is 11.1 Å². The molecule has 4 N–H and O–H groups in total. The molecule has 0 heterocycles.